The molecule has 2 aliphatic rings. The van der Waals surface area contributed by atoms with Gasteiger partial charge in [-0.05, 0) is 43.9 Å². The number of rotatable bonds is 4. The molecule has 82 valence electrons. The van der Waals surface area contributed by atoms with E-state index in [0.29, 0.717) is 12.1 Å². The van der Waals surface area contributed by atoms with Crippen LogP contribution in [-0.2, 0) is 4.74 Å². The zero-order valence-electron chi connectivity index (χ0n) is 9.24. The summed E-state index contributed by atoms with van der Waals surface area (Å²) in [5, 5.41) is 0. The van der Waals surface area contributed by atoms with Crippen molar-refractivity contribution in [2.45, 2.75) is 57.6 Å². The second kappa shape index (κ2) is 4.63. The first-order valence-electron chi connectivity index (χ1n) is 6.18. The second-order valence-electron chi connectivity index (χ2n) is 4.99. The Kier molecular flexibility index (Phi) is 3.45. The van der Waals surface area contributed by atoms with Crippen LogP contribution in [0.4, 0.5) is 0 Å². The minimum Gasteiger partial charge on any atom is -0.378 e. The summed E-state index contributed by atoms with van der Waals surface area (Å²) < 4.78 is 5.90. The molecule has 0 aromatic carbocycles. The molecule has 2 nitrogen and oxygen atoms in total. The van der Waals surface area contributed by atoms with Gasteiger partial charge in [-0.15, -0.1) is 0 Å². The Bertz CT molecular complexity index is 169. The van der Waals surface area contributed by atoms with Crippen LogP contribution in [0.3, 0.4) is 0 Å². The van der Waals surface area contributed by atoms with E-state index in [4.69, 9.17) is 10.5 Å². The number of nitrogens with two attached hydrogens (primary N) is 1. The molecule has 2 bridgehead atoms. The molecule has 0 aliphatic heterocycles. The van der Waals surface area contributed by atoms with Crippen molar-refractivity contribution in [1.29, 1.82) is 0 Å². The zero-order chi connectivity index (χ0) is 9.97. The lowest BCUT2D eigenvalue weighted by molar-refractivity contribution is 0.00298. The monoisotopic (exact) mass is 197 g/mol. The third kappa shape index (κ3) is 2.12. The summed E-state index contributed by atoms with van der Waals surface area (Å²) in [4.78, 5) is 0. The summed E-state index contributed by atoms with van der Waals surface area (Å²) >= 11 is 0. The van der Waals surface area contributed by atoms with E-state index in [1.807, 2.05) is 0 Å². The fraction of sp³-hybridized carbons (Fsp3) is 1.00. The highest BCUT2D eigenvalue weighted by Crippen LogP contribution is 2.42. The van der Waals surface area contributed by atoms with E-state index < -0.39 is 0 Å². The van der Waals surface area contributed by atoms with Crippen molar-refractivity contribution in [3.63, 3.8) is 0 Å². The summed E-state index contributed by atoms with van der Waals surface area (Å²) in [5.74, 6) is 1.53. The summed E-state index contributed by atoms with van der Waals surface area (Å²) in [6, 6.07) is 0.487. The van der Waals surface area contributed by atoms with Gasteiger partial charge >= 0.3 is 0 Å². The van der Waals surface area contributed by atoms with Crippen molar-refractivity contribution in [1.82, 2.24) is 0 Å². The van der Waals surface area contributed by atoms with Crippen molar-refractivity contribution in [2.24, 2.45) is 17.6 Å². The fourth-order valence-electron chi connectivity index (χ4n) is 3.05. The number of fused-ring (bicyclic) bond motifs is 2. The third-order valence-electron chi connectivity index (χ3n) is 3.98. The number of unbranched alkanes of at least 4 members (excludes halogenated alkanes) is 1. The molecule has 2 fully saturated rings. The Morgan fingerprint density at radius 3 is 2.43 bits per heavy atom. The Morgan fingerprint density at radius 2 is 1.86 bits per heavy atom. The van der Waals surface area contributed by atoms with Gasteiger partial charge in [0.1, 0.15) is 0 Å². The van der Waals surface area contributed by atoms with Crippen molar-refractivity contribution in [2.75, 3.05) is 6.61 Å². The molecule has 2 saturated carbocycles. The van der Waals surface area contributed by atoms with Crippen LogP contribution in [0.2, 0.25) is 0 Å². The Morgan fingerprint density at radius 1 is 1.21 bits per heavy atom. The molecule has 4 atom stereocenters. The van der Waals surface area contributed by atoms with E-state index in [1.165, 1.54) is 38.5 Å². The van der Waals surface area contributed by atoms with Gasteiger partial charge in [0.15, 0.2) is 0 Å². The Balaban J connectivity index is 1.76. The summed E-state index contributed by atoms with van der Waals surface area (Å²) in [6.07, 6.45) is 8.11. The van der Waals surface area contributed by atoms with Gasteiger partial charge in [0, 0.05) is 12.6 Å². The van der Waals surface area contributed by atoms with Crippen LogP contribution in [0.25, 0.3) is 0 Å². The van der Waals surface area contributed by atoms with Gasteiger partial charge in [0.25, 0.3) is 0 Å². The minimum absolute atomic E-state index is 0.487. The van der Waals surface area contributed by atoms with Gasteiger partial charge in [-0.25, -0.2) is 0 Å². The highest BCUT2D eigenvalue weighted by molar-refractivity contribution is 4.95. The van der Waals surface area contributed by atoms with Gasteiger partial charge < -0.3 is 10.5 Å². The number of hydrogen-bond acceptors (Lipinski definition) is 2. The number of ether oxygens (including phenoxy) is 1. The van der Waals surface area contributed by atoms with Gasteiger partial charge in [-0.2, -0.15) is 0 Å². The summed E-state index contributed by atoms with van der Waals surface area (Å²) in [5.41, 5.74) is 6.15. The molecule has 1 unspecified atom stereocenters. The summed E-state index contributed by atoms with van der Waals surface area (Å²) in [6.45, 7) is 3.17. The molecule has 2 N–H and O–H groups in total. The fourth-order valence-corrected chi connectivity index (χ4v) is 3.05. The average Bonchev–Trinajstić information content (AvgIpc) is 2.41. The SMILES string of the molecule is CCCCO[C@@H]1C[C@H]2CC[C@@H](C1)C2N. The predicted octanol–water partition coefficient (Wildman–Crippen LogP) is 2.32. The lowest BCUT2D eigenvalue weighted by Crippen LogP contribution is -2.40. The quantitative estimate of drug-likeness (QED) is 0.702. The van der Waals surface area contributed by atoms with Crippen molar-refractivity contribution in [3.05, 3.63) is 0 Å². The smallest absolute Gasteiger partial charge is 0.0581 e. The van der Waals surface area contributed by atoms with E-state index in [2.05, 4.69) is 6.92 Å². The molecule has 0 aromatic rings. The highest BCUT2D eigenvalue weighted by Gasteiger charge is 2.40. The van der Waals surface area contributed by atoms with Crippen LogP contribution in [0.5, 0.6) is 0 Å². The topological polar surface area (TPSA) is 35.2 Å². The zero-order valence-corrected chi connectivity index (χ0v) is 9.24. The first kappa shape index (κ1) is 10.4. The van der Waals surface area contributed by atoms with Crippen molar-refractivity contribution in [3.8, 4) is 0 Å². The molecule has 0 saturated heterocycles. The number of hydrogen-bond donors (Lipinski definition) is 1. The molecule has 0 radical (unpaired) electrons. The van der Waals surface area contributed by atoms with Crippen LogP contribution >= 0.6 is 0 Å². The lowest BCUT2D eigenvalue weighted by atomic mass is 9.83. The van der Waals surface area contributed by atoms with Gasteiger partial charge in [0.05, 0.1) is 6.10 Å². The maximum atomic E-state index is 6.15. The minimum atomic E-state index is 0.487. The maximum absolute atomic E-state index is 6.15. The molecular formula is C12H23NO. The molecule has 0 amide bonds. The molecule has 14 heavy (non-hydrogen) atoms. The van der Waals surface area contributed by atoms with Crippen LogP contribution < -0.4 is 5.73 Å². The van der Waals surface area contributed by atoms with Crippen LogP contribution in [-0.4, -0.2) is 18.8 Å². The van der Waals surface area contributed by atoms with Crippen molar-refractivity contribution < 1.29 is 4.74 Å². The normalized spacial score (nSPS) is 41.6. The predicted molar refractivity (Wildman–Crippen MR) is 58.1 cm³/mol. The van der Waals surface area contributed by atoms with E-state index in [1.54, 1.807) is 0 Å². The summed E-state index contributed by atoms with van der Waals surface area (Å²) in [7, 11) is 0. The molecule has 2 heteroatoms. The largest absolute Gasteiger partial charge is 0.378 e. The lowest BCUT2D eigenvalue weighted by Gasteiger charge is -2.32. The Labute approximate surface area is 87.2 Å². The highest BCUT2D eigenvalue weighted by atomic mass is 16.5. The van der Waals surface area contributed by atoms with E-state index >= 15 is 0 Å². The van der Waals surface area contributed by atoms with Crippen LogP contribution in [0.15, 0.2) is 0 Å². The molecular weight excluding hydrogens is 174 g/mol. The molecule has 0 aromatic heterocycles. The molecule has 2 aliphatic carbocycles. The standard InChI is InChI=1S/C12H23NO/c1-2-3-6-14-11-7-9-4-5-10(8-11)12(9)13/h9-12H,2-8,13H2,1H3/t9-,10+,11-,12?. The first-order valence-corrected chi connectivity index (χ1v) is 6.18. The third-order valence-corrected chi connectivity index (χ3v) is 3.98. The molecule has 2 rings (SSSR count). The Hall–Kier alpha value is -0.0800. The van der Waals surface area contributed by atoms with E-state index in [0.717, 1.165) is 18.4 Å². The van der Waals surface area contributed by atoms with Gasteiger partial charge in [0.2, 0.25) is 0 Å². The van der Waals surface area contributed by atoms with Gasteiger partial charge in [-0.1, -0.05) is 13.3 Å². The maximum Gasteiger partial charge on any atom is 0.0581 e. The van der Waals surface area contributed by atoms with Crippen LogP contribution in [0.1, 0.15) is 45.4 Å². The molecule has 0 spiro atoms. The van der Waals surface area contributed by atoms with Crippen molar-refractivity contribution >= 4 is 0 Å². The van der Waals surface area contributed by atoms with Crippen LogP contribution in [0, 0.1) is 11.8 Å². The molecule has 0 heterocycles. The van der Waals surface area contributed by atoms with E-state index in [9.17, 15) is 0 Å². The average molecular weight is 197 g/mol. The second-order valence-corrected chi connectivity index (χ2v) is 4.99. The van der Waals surface area contributed by atoms with Gasteiger partial charge in [-0.3, -0.25) is 0 Å². The van der Waals surface area contributed by atoms with E-state index in [-0.39, 0.29) is 0 Å². The first-order chi connectivity index (χ1) is 6.81.